The first-order chi connectivity index (χ1) is 7.39. The second kappa shape index (κ2) is 6.01. The highest BCUT2D eigenvalue weighted by Crippen LogP contribution is 2.19. The average Bonchev–Trinajstić information content (AvgIpc) is 2.48. The standard InChI is InChI=1S/C12H21ClN2S/c1-12(2,9-15(3)4)8-14-6-11-5-10(13)7-16-11/h5,7,14H,6,8-9H2,1-4H3. The van der Waals surface area contributed by atoms with Crippen molar-refractivity contribution in [1.29, 1.82) is 0 Å². The Morgan fingerprint density at radius 2 is 2.12 bits per heavy atom. The largest absolute Gasteiger partial charge is 0.311 e. The molecule has 0 unspecified atom stereocenters. The molecular weight excluding hydrogens is 240 g/mol. The Morgan fingerprint density at radius 1 is 1.44 bits per heavy atom. The molecule has 16 heavy (non-hydrogen) atoms. The van der Waals surface area contributed by atoms with Crippen LogP contribution in [-0.2, 0) is 6.54 Å². The van der Waals surface area contributed by atoms with Gasteiger partial charge in [0, 0.05) is 29.9 Å². The maximum absolute atomic E-state index is 5.87. The second-order valence-electron chi connectivity index (χ2n) is 5.24. The van der Waals surface area contributed by atoms with Crippen molar-refractivity contribution in [3.63, 3.8) is 0 Å². The fraction of sp³-hybridized carbons (Fsp3) is 0.667. The van der Waals surface area contributed by atoms with Gasteiger partial charge in [0.05, 0.1) is 5.02 Å². The van der Waals surface area contributed by atoms with Crippen LogP contribution in [0.25, 0.3) is 0 Å². The molecule has 92 valence electrons. The van der Waals surface area contributed by atoms with Crippen molar-refractivity contribution in [3.8, 4) is 0 Å². The highest BCUT2D eigenvalue weighted by molar-refractivity contribution is 7.10. The molecule has 0 amide bonds. The molecule has 0 saturated heterocycles. The topological polar surface area (TPSA) is 15.3 Å². The summed E-state index contributed by atoms with van der Waals surface area (Å²) < 4.78 is 0. The van der Waals surface area contributed by atoms with Crippen LogP contribution in [0.4, 0.5) is 0 Å². The van der Waals surface area contributed by atoms with Gasteiger partial charge in [-0.25, -0.2) is 0 Å². The Morgan fingerprint density at radius 3 is 2.62 bits per heavy atom. The van der Waals surface area contributed by atoms with Crippen molar-refractivity contribution in [2.24, 2.45) is 5.41 Å². The maximum Gasteiger partial charge on any atom is 0.0516 e. The molecule has 1 aromatic heterocycles. The molecule has 2 nitrogen and oxygen atoms in total. The Hall–Kier alpha value is -0.0900. The molecule has 0 aliphatic rings. The third-order valence-electron chi connectivity index (χ3n) is 2.27. The molecule has 0 fully saturated rings. The van der Waals surface area contributed by atoms with E-state index in [1.807, 2.05) is 11.4 Å². The number of thiophene rings is 1. The van der Waals surface area contributed by atoms with E-state index in [9.17, 15) is 0 Å². The zero-order chi connectivity index (χ0) is 12.2. The van der Waals surface area contributed by atoms with Crippen LogP contribution in [-0.4, -0.2) is 32.1 Å². The molecule has 0 spiro atoms. The van der Waals surface area contributed by atoms with E-state index < -0.39 is 0 Å². The van der Waals surface area contributed by atoms with Crippen molar-refractivity contribution >= 4 is 22.9 Å². The van der Waals surface area contributed by atoms with Crippen molar-refractivity contribution in [1.82, 2.24) is 10.2 Å². The first-order valence-corrected chi connectivity index (χ1v) is 6.73. The Labute approximate surface area is 108 Å². The number of rotatable bonds is 6. The van der Waals surface area contributed by atoms with Gasteiger partial charge in [-0.05, 0) is 25.6 Å². The third kappa shape index (κ3) is 5.30. The summed E-state index contributed by atoms with van der Waals surface area (Å²) in [6.07, 6.45) is 0. The van der Waals surface area contributed by atoms with Crippen molar-refractivity contribution in [3.05, 3.63) is 21.3 Å². The molecule has 1 aromatic rings. The first kappa shape index (κ1) is 14.0. The van der Waals surface area contributed by atoms with E-state index in [-0.39, 0.29) is 0 Å². The van der Waals surface area contributed by atoms with Crippen LogP contribution < -0.4 is 5.32 Å². The summed E-state index contributed by atoms with van der Waals surface area (Å²) in [5.74, 6) is 0. The zero-order valence-corrected chi connectivity index (χ0v) is 12.1. The number of nitrogens with one attached hydrogen (secondary N) is 1. The zero-order valence-electron chi connectivity index (χ0n) is 10.5. The van der Waals surface area contributed by atoms with Crippen molar-refractivity contribution in [2.45, 2.75) is 20.4 Å². The number of halogens is 1. The summed E-state index contributed by atoms with van der Waals surface area (Å²) in [5.41, 5.74) is 0.296. The summed E-state index contributed by atoms with van der Waals surface area (Å²) in [6, 6.07) is 2.03. The summed E-state index contributed by atoms with van der Waals surface area (Å²) >= 11 is 7.58. The van der Waals surface area contributed by atoms with E-state index in [1.165, 1.54) is 4.88 Å². The molecule has 0 aliphatic carbocycles. The van der Waals surface area contributed by atoms with Crippen LogP contribution in [0.3, 0.4) is 0 Å². The Balaban J connectivity index is 2.29. The molecule has 0 aliphatic heterocycles. The van der Waals surface area contributed by atoms with E-state index in [0.717, 1.165) is 24.7 Å². The van der Waals surface area contributed by atoms with Gasteiger partial charge in [0.25, 0.3) is 0 Å². The van der Waals surface area contributed by atoms with Gasteiger partial charge in [0.15, 0.2) is 0 Å². The van der Waals surface area contributed by atoms with Crippen molar-refractivity contribution in [2.75, 3.05) is 27.2 Å². The normalized spacial score (nSPS) is 12.4. The molecule has 0 radical (unpaired) electrons. The van der Waals surface area contributed by atoms with Crippen LogP contribution in [0.15, 0.2) is 11.4 Å². The van der Waals surface area contributed by atoms with Gasteiger partial charge in [0.1, 0.15) is 0 Å². The van der Waals surface area contributed by atoms with Gasteiger partial charge < -0.3 is 10.2 Å². The lowest BCUT2D eigenvalue weighted by atomic mass is 9.93. The van der Waals surface area contributed by atoms with E-state index >= 15 is 0 Å². The summed E-state index contributed by atoms with van der Waals surface area (Å²) in [7, 11) is 4.22. The van der Waals surface area contributed by atoms with E-state index in [2.05, 4.69) is 38.2 Å². The molecule has 0 saturated carbocycles. The van der Waals surface area contributed by atoms with Gasteiger partial charge in [-0.3, -0.25) is 0 Å². The van der Waals surface area contributed by atoms with E-state index in [0.29, 0.717) is 5.41 Å². The fourth-order valence-corrected chi connectivity index (χ4v) is 2.93. The van der Waals surface area contributed by atoms with Crippen LogP contribution in [0.5, 0.6) is 0 Å². The number of nitrogens with zero attached hydrogens (tertiary/aromatic N) is 1. The highest BCUT2D eigenvalue weighted by Gasteiger charge is 2.18. The highest BCUT2D eigenvalue weighted by atomic mass is 35.5. The monoisotopic (exact) mass is 260 g/mol. The van der Waals surface area contributed by atoms with Crippen LogP contribution in [0.1, 0.15) is 18.7 Å². The SMILES string of the molecule is CN(C)CC(C)(C)CNCc1cc(Cl)cs1. The molecular formula is C12H21ClN2S. The van der Waals surface area contributed by atoms with Crippen LogP contribution in [0.2, 0.25) is 5.02 Å². The fourth-order valence-electron chi connectivity index (χ4n) is 1.88. The van der Waals surface area contributed by atoms with Gasteiger partial charge >= 0.3 is 0 Å². The quantitative estimate of drug-likeness (QED) is 0.846. The lowest BCUT2D eigenvalue weighted by Crippen LogP contribution is -2.37. The molecule has 0 bridgehead atoms. The average molecular weight is 261 g/mol. The van der Waals surface area contributed by atoms with Gasteiger partial charge in [-0.15, -0.1) is 11.3 Å². The molecule has 0 atom stereocenters. The third-order valence-corrected chi connectivity index (χ3v) is 3.55. The van der Waals surface area contributed by atoms with Gasteiger partial charge in [-0.2, -0.15) is 0 Å². The van der Waals surface area contributed by atoms with Crippen LogP contribution >= 0.6 is 22.9 Å². The Bertz CT molecular complexity index is 321. The minimum atomic E-state index is 0.296. The van der Waals surface area contributed by atoms with Gasteiger partial charge in [0.2, 0.25) is 0 Å². The molecule has 1 rings (SSSR count). The van der Waals surface area contributed by atoms with E-state index in [1.54, 1.807) is 11.3 Å². The molecule has 0 aromatic carbocycles. The lowest BCUT2D eigenvalue weighted by Gasteiger charge is -2.28. The Kier molecular flexibility index (Phi) is 5.25. The van der Waals surface area contributed by atoms with Crippen LogP contribution in [0, 0.1) is 5.41 Å². The second-order valence-corrected chi connectivity index (χ2v) is 6.67. The molecule has 1 N–H and O–H groups in total. The number of hydrogen-bond acceptors (Lipinski definition) is 3. The first-order valence-electron chi connectivity index (χ1n) is 5.47. The lowest BCUT2D eigenvalue weighted by molar-refractivity contribution is 0.232. The molecule has 1 heterocycles. The summed E-state index contributed by atoms with van der Waals surface area (Å²) in [4.78, 5) is 3.52. The summed E-state index contributed by atoms with van der Waals surface area (Å²) in [6.45, 7) is 7.57. The van der Waals surface area contributed by atoms with Gasteiger partial charge in [-0.1, -0.05) is 25.4 Å². The maximum atomic E-state index is 5.87. The molecule has 4 heteroatoms. The smallest absolute Gasteiger partial charge is 0.0516 e. The predicted molar refractivity (Wildman–Crippen MR) is 73.4 cm³/mol. The minimum absolute atomic E-state index is 0.296. The van der Waals surface area contributed by atoms with Crippen molar-refractivity contribution < 1.29 is 0 Å². The predicted octanol–water partition coefficient (Wildman–Crippen LogP) is 3.08. The van der Waals surface area contributed by atoms with E-state index in [4.69, 9.17) is 11.6 Å². The number of hydrogen-bond donors (Lipinski definition) is 1. The summed E-state index contributed by atoms with van der Waals surface area (Å²) in [5, 5.41) is 6.30. The minimum Gasteiger partial charge on any atom is -0.311 e.